The molecule has 4 aromatic rings. The number of Topliss-reactive ketones (excluding diaryl/α,β-unsaturated/α-hetero) is 1. The molecule has 1 atom stereocenters. The van der Waals surface area contributed by atoms with Crippen molar-refractivity contribution >= 4 is 11.4 Å². The van der Waals surface area contributed by atoms with Gasteiger partial charge in [-0.05, 0) is 69.0 Å². The topological polar surface area (TPSA) is 64.2 Å². The van der Waals surface area contributed by atoms with E-state index < -0.39 is 11.6 Å². The summed E-state index contributed by atoms with van der Waals surface area (Å²) in [7, 11) is 0. The van der Waals surface area contributed by atoms with Crippen LogP contribution in [0, 0.1) is 24.5 Å². The Morgan fingerprint density at radius 3 is 2.64 bits per heavy atom. The summed E-state index contributed by atoms with van der Waals surface area (Å²) in [5.74, 6) is -1.27. The van der Waals surface area contributed by atoms with Crippen molar-refractivity contribution in [2.75, 3.05) is 13.1 Å². The maximum Gasteiger partial charge on any atom is 0.179 e. The summed E-state index contributed by atoms with van der Waals surface area (Å²) >= 11 is 0. The Labute approximate surface area is 190 Å². The van der Waals surface area contributed by atoms with Crippen molar-refractivity contribution in [2.45, 2.75) is 33.1 Å². The van der Waals surface area contributed by atoms with E-state index in [9.17, 15) is 4.79 Å². The van der Waals surface area contributed by atoms with Gasteiger partial charge in [0.05, 0.1) is 22.6 Å². The highest BCUT2D eigenvalue weighted by molar-refractivity contribution is 5.92. The molecule has 1 N–H and O–H groups in total. The maximum atomic E-state index is 15.4. The zero-order valence-corrected chi connectivity index (χ0v) is 18.6. The van der Waals surface area contributed by atoms with Crippen molar-refractivity contribution in [3.63, 3.8) is 0 Å². The summed E-state index contributed by atoms with van der Waals surface area (Å²) in [6, 6.07) is 7.88. The number of piperidine rings is 1. The molecule has 0 amide bonds. The normalized spacial score (nSPS) is 16.4. The van der Waals surface area contributed by atoms with Crippen molar-refractivity contribution < 1.29 is 13.6 Å². The van der Waals surface area contributed by atoms with Crippen molar-refractivity contribution in [1.82, 2.24) is 24.5 Å². The molecule has 6 nitrogen and oxygen atoms in total. The van der Waals surface area contributed by atoms with Gasteiger partial charge in [-0.3, -0.25) is 4.79 Å². The lowest BCUT2D eigenvalue weighted by atomic mass is 9.93. The van der Waals surface area contributed by atoms with Gasteiger partial charge in [0.1, 0.15) is 23.0 Å². The number of hydrogen-bond donors (Lipinski definition) is 1. The predicted octanol–water partition coefficient (Wildman–Crippen LogP) is 4.52. The Hall–Kier alpha value is -3.39. The predicted molar refractivity (Wildman–Crippen MR) is 122 cm³/mol. The van der Waals surface area contributed by atoms with Gasteiger partial charge >= 0.3 is 0 Å². The van der Waals surface area contributed by atoms with Crippen LogP contribution in [0.5, 0.6) is 0 Å². The monoisotopic (exact) mass is 449 g/mol. The van der Waals surface area contributed by atoms with Gasteiger partial charge in [-0.15, -0.1) is 0 Å². The molecule has 1 unspecified atom stereocenters. The molecule has 5 rings (SSSR count). The Kier molecular flexibility index (Phi) is 5.54. The molecule has 1 aromatic carbocycles. The Bertz CT molecular complexity index is 1330. The van der Waals surface area contributed by atoms with E-state index in [4.69, 9.17) is 0 Å². The second-order valence-electron chi connectivity index (χ2n) is 8.74. The molecular formula is C25H25F2N5O. The third kappa shape index (κ3) is 4.06. The summed E-state index contributed by atoms with van der Waals surface area (Å²) in [5.41, 5.74) is 3.14. The number of fused-ring (bicyclic) bond motifs is 1. The molecule has 1 aliphatic rings. The average Bonchev–Trinajstić information content (AvgIpc) is 3.40. The van der Waals surface area contributed by atoms with Gasteiger partial charge in [-0.25, -0.2) is 18.4 Å². The van der Waals surface area contributed by atoms with Crippen LogP contribution in [0.15, 0.2) is 42.7 Å². The van der Waals surface area contributed by atoms with Gasteiger partial charge in [0.15, 0.2) is 5.78 Å². The Morgan fingerprint density at radius 1 is 1.18 bits per heavy atom. The van der Waals surface area contributed by atoms with E-state index in [0.717, 1.165) is 37.2 Å². The first-order valence-corrected chi connectivity index (χ1v) is 11.2. The smallest absolute Gasteiger partial charge is 0.179 e. The fourth-order valence-corrected chi connectivity index (χ4v) is 4.54. The van der Waals surface area contributed by atoms with E-state index in [1.165, 1.54) is 36.0 Å². The number of imidazole rings is 1. The number of ketones is 1. The van der Waals surface area contributed by atoms with Crippen LogP contribution >= 0.6 is 0 Å². The van der Waals surface area contributed by atoms with Gasteiger partial charge in [-0.2, -0.15) is 5.10 Å². The molecule has 0 radical (unpaired) electrons. The van der Waals surface area contributed by atoms with Gasteiger partial charge < -0.3 is 9.72 Å². The molecule has 4 heterocycles. The SMILES string of the molecule is CC(=O)c1ccn(-c2cc(F)c(-c3nc4cc(C)ccn4c3CC3CCCNC3)c(F)c2)n1. The van der Waals surface area contributed by atoms with E-state index in [1.54, 1.807) is 0 Å². The number of hydrogen-bond acceptors (Lipinski definition) is 4. The highest BCUT2D eigenvalue weighted by atomic mass is 19.1. The van der Waals surface area contributed by atoms with Crippen LogP contribution in [0.2, 0.25) is 0 Å². The van der Waals surface area contributed by atoms with E-state index in [0.29, 0.717) is 23.7 Å². The molecule has 3 aromatic heterocycles. The van der Waals surface area contributed by atoms with Gasteiger partial charge in [0.2, 0.25) is 0 Å². The molecule has 1 saturated heterocycles. The van der Waals surface area contributed by atoms with E-state index in [-0.39, 0.29) is 22.7 Å². The Morgan fingerprint density at radius 2 is 1.97 bits per heavy atom. The third-order valence-electron chi connectivity index (χ3n) is 6.24. The number of halogens is 2. The number of aromatic nitrogens is 4. The zero-order chi connectivity index (χ0) is 23.1. The quantitative estimate of drug-likeness (QED) is 0.455. The third-order valence-corrected chi connectivity index (χ3v) is 6.24. The van der Waals surface area contributed by atoms with Crippen LogP contribution in [0.3, 0.4) is 0 Å². The first-order valence-electron chi connectivity index (χ1n) is 11.2. The van der Waals surface area contributed by atoms with Gasteiger partial charge in [0, 0.05) is 31.5 Å². The number of aryl methyl sites for hydroxylation is 1. The summed E-state index contributed by atoms with van der Waals surface area (Å²) in [4.78, 5) is 16.2. The number of nitrogens with zero attached hydrogens (tertiary/aromatic N) is 4. The second-order valence-corrected chi connectivity index (χ2v) is 8.74. The lowest BCUT2D eigenvalue weighted by Crippen LogP contribution is -2.31. The van der Waals surface area contributed by atoms with Crippen LogP contribution in [0.1, 0.15) is 41.5 Å². The fourth-order valence-electron chi connectivity index (χ4n) is 4.54. The fraction of sp³-hybridized carbons (Fsp3) is 0.320. The lowest BCUT2D eigenvalue weighted by Gasteiger charge is -2.23. The maximum absolute atomic E-state index is 15.4. The molecule has 0 saturated carbocycles. The number of carbonyl (C=O) groups is 1. The van der Waals surface area contributed by atoms with E-state index >= 15 is 8.78 Å². The molecule has 0 aliphatic carbocycles. The molecular weight excluding hydrogens is 424 g/mol. The molecule has 8 heteroatoms. The summed E-state index contributed by atoms with van der Waals surface area (Å²) in [6.45, 7) is 5.24. The molecule has 33 heavy (non-hydrogen) atoms. The van der Waals surface area contributed by atoms with E-state index in [2.05, 4.69) is 15.4 Å². The molecule has 1 aliphatic heterocycles. The Balaban J connectivity index is 1.61. The minimum Gasteiger partial charge on any atom is -0.316 e. The van der Waals surface area contributed by atoms with Crippen LogP contribution in [0.4, 0.5) is 8.78 Å². The highest BCUT2D eigenvalue weighted by Crippen LogP contribution is 2.33. The van der Waals surface area contributed by atoms with Crippen LogP contribution in [0.25, 0.3) is 22.6 Å². The second kappa shape index (κ2) is 8.51. The zero-order valence-electron chi connectivity index (χ0n) is 18.6. The summed E-state index contributed by atoms with van der Waals surface area (Å²) < 4.78 is 34.0. The van der Waals surface area contributed by atoms with Crippen molar-refractivity contribution in [2.24, 2.45) is 5.92 Å². The van der Waals surface area contributed by atoms with Gasteiger partial charge in [-0.1, -0.05) is 0 Å². The number of carbonyl (C=O) groups excluding carboxylic acids is 1. The molecule has 170 valence electrons. The number of nitrogens with one attached hydrogen (secondary N) is 1. The minimum absolute atomic E-state index is 0.141. The van der Waals surface area contributed by atoms with Crippen LogP contribution in [-0.4, -0.2) is 38.0 Å². The van der Waals surface area contributed by atoms with Crippen LogP contribution in [-0.2, 0) is 6.42 Å². The van der Waals surface area contributed by atoms with E-state index in [1.807, 2.05) is 29.7 Å². The van der Waals surface area contributed by atoms with Crippen LogP contribution < -0.4 is 5.32 Å². The largest absolute Gasteiger partial charge is 0.316 e. The van der Waals surface area contributed by atoms with Crippen molar-refractivity contribution in [3.05, 3.63) is 71.3 Å². The molecule has 0 spiro atoms. The number of benzene rings is 1. The highest BCUT2D eigenvalue weighted by Gasteiger charge is 2.25. The first-order chi connectivity index (χ1) is 15.9. The van der Waals surface area contributed by atoms with Gasteiger partial charge in [0.25, 0.3) is 0 Å². The number of pyridine rings is 1. The minimum atomic E-state index is -0.715. The van der Waals surface area contributed by atoms with Crippen molar-refractivity contribution in [3.8, 4) is 16.9 Å². The first kappa shape index (κ1) is 21.5. The average molecular weight is 450 g/mol. The summed E-state index contributed by atoms with van der Waals surface area (Å²) in [6.07, 6.45) is 6.25. The lowest BCUT2D eigenvalue weighted by molar-refractivity contribution is 0.101. The molecule has 0 bridgehead atoms. The van der Waals surface area contributed by atoms with Crippen molar-refractivity contribution in [1.29, 1.82) is 0 Å². The standard InChI is InChI=1S/C25H25F2N5O/c1-15-5-8-31-22(11-17-4-3-7-28-14-17)25(29-23(31)10-15)24-19(26)12-18(13-20(24)27)32-9-6-21(30-32)16(2)33/h5-6,8-10,12-13,17,28H,3-4,7,11,14H2,1-2H3. The molecule has 1 fully saturated rings. The summed E-state index contributed by atoms with van der Waals surface area (Å²) in [5, 5.41) is 7.52. The number of rotatable bonds is 5.